The van der Waals surface area contributed by atoms with Gasteiger partial charge in [0, 0.05) is 6.07 Å². The van der Waals surface area contributed by atoms with Crippen LogP contribution in [0.15, 0.2) is 30.3 Å². The van der Waals surface area contributed by atoms with Crippen molar-refractivity contribution in [3.63, 3.8) is 0 Å². The van der Waals surface area contributed by atoms with Crippen LogP contribution in [0, 0.1) is 22.9 Å². The molecule has 0 radical (unpaired) electrons. The number of amides is 1. The number of hydrogen-bond acceptors (Lipinski definition) is 5. The monoisotopic (exact) mass is 348 g/mol. The van der Waals surface area contributed by atoms with Gasteiger partial charge in [-0.05, 0) is 31.5 Å². The Morgan fingerprint density at radius 2 is 2.00 bits per heavy atom. The van der Waals surface area contributed by atoms with Gasteiger partial charge >= 0.3 is 0 Å². The van der Waals surface area contributed by atoms with Crippen LogP contribution in [0.1, 0.15) is 22.8 Å². The van der Waals surface area contributed by atoms with E-state index in [2.05, 4.69) is 5.32 Å². The molecule has 1 amide bonds. The zero-order valence-electron chi connectivity index (χ0n) is 14.0. The molecular formula is C17H17FN2O5. The summed E-state index contributed by atoms with van der Waals surface area (Å²) in [5, 5.41) is 13.6. The lowest BCUT2D eigenvalue weighted by Gasteiger charge is -2.12. The van der Waals surface area contributed by atoms with Crippen LogP contribution in [-0.2, 0) is 0 Å². The number of benzene rings is 2. The number of methoxy groups -OCH3 is 1. The van der Waals surface area contributed by atoms with Gasteiger partial charge in [-0.1, -0.05) is 6.07 Å². The fourth-order valence-electron chi connectivity index (χ4n) is 2.22. The Morgan fingerprint density at radius 3 is 2.56 bits per heavy atom. The van der Waals surface area contributed by atoms with Crippen LogP contribution in [0.4, 0.5) is 15.8 Å². The molecule has 8 heteroatoms. The Kier molecular flexibility index (Phi) is 5.53. The average Bonchev–Trinajstić information content (AvgIpc) is 2.57. The standard InChI is InChI=1S/C17H17FN2O5/c1-4-25-16-9-14(20(22)23)11(8-15(16)24-3)17(21)19-13-6-5-10(2)7-12(13)18/h5-9H,4H2,1-3H3,(H,19,21). The first-order chi connectivity index (χ1) is 11.9. The van der Waals surface area contributed by atoms with Crippen LogP contribution >= 0.6 is 0 Å². The third kappa shape index (κ3) is 4.03. The number of halogens is 1. The molecule has 0 unspecified atom stereocenters. The number of carbonyl (C=O) groups is 1. The number of rotatable bonds is 6. The van der Waals surface area contributed by atoms with Gasteiger partial charge in [-0.2, -0.15) is 0 Å². The summed E-state index contributed by atoms with van der Waals surface area (Å²) in [7, 11) is 1.35. The van der Waals surface area contributed by atoms with Crippen molar-refractivity contribution in [2.24, 2.45) is 0 Å². The second-order valence-corrected chi connectivity index (χ2v) is 5.15. The van der Waals surface area contributed by atoms with E-state index in [0.717, 1.165) is 6.07 Å². The first-order valence-corrected chi connectivity index (χ1v) is 7.44. The van der Waals surface area contributed by atoms with Crippen molar-refractivity contribution in [1.29, 1.82) is 0 Å². The Bertz CT molecular complexity index is 823. The van der Waals surface area contributed by atoms with Crippen LogP contribution in [0.2, 0.25) is 0 Å². The Morgan fingerprint density at radius 1 is 1.28 bits per heavy atom. The van der Waals surface area contributed by atoms with Crippen molar-refractivity contribution in [2.45, 2.75) is 13.8 Å². The minimum atomic E-state index is -0.823. The first kappa shape index (κ1) is 18.2. The van der Waals surface area contributed by atoms with E-state index in [9.17, 15) is 19.3 Å². The number of nitro benzene ring substituents is 1. The molecule has 132 valence electrons. The van der Waals surface area contributed by atoms with E-state index in [-0.39, 0.29) is 29.4 Å². The second kappa shape index (κ2) is 7.61. The molecule has 0 spiro atoms. The summed E-state index contributed by atoms with van der Waals surface area (Å²) in [6.07, 6.45) is 0. The number of nitrogens with zero attached hydrogens (tertiary/aromatic N) is 1. The van der Waals surface area contributed by atoms with E-state index in [1.165, 1.54) is 25.3 Å². The summed E-state index contributed by atoms with van der Waals surface area (Å²) in [5.41, 5.74) is -0.110. The maximum Gasteiger partial charge on any atom is 0.286 e. The van der Waals surface area contributed by atoms with Crippen molar-refractivity contribution in [2.75, 3.05) is 19.0 Å². The van der Waals surface area contributed by atoms with Gasteiger partial charge < -0.3 is 14.8 Å². The van der Waals surface area contributed by atoms with E-state index >= 15 is 0 Å². The van der Waals surface area contributed by atoms with E-state index in [4.69, 9.17) is 9.47 Å². The zero-order chi connectivity index (χ0) is 18.6. The van der Waals surface area contributed by atoms with Crippen LogP contribution in [-0.4, -0.2) is 24.5 Å². The van der Waals surface area contributed by atoms with E-state index < -0.39 is 22.3 Å². The van der Waals surface area contributed by atoms with Gasteiger partial charge in [0.1, 0.15) is 11.4 Å². The zero-order valence-corrected chi connectivity index (χ0v) is 14.0. The molecule has 0 aliphatic carbocycles. The highest BCUT2D eigenvalue weighted by molar-refractivity contribution is 6.07. The molecule has 0 aliphatic heterocycles. The Hall–Kier alpha value is -3.16. The lowest BCUT2D eigenvalue weighted by atomic mass is 10.1. The molecule has 0 fully saturated rings. The molecule has 7 nitrogen and oxygen atoms in total. The molecule has 0 saturated carbocycles. The predicted molar refractivity (Wildman–Crippen MR) is 89.9 cm³/mol. The Labute approximate surface area is 143 Å². The molecule has 0 aromatic heterocycles. The third-order valence-corrected chi connectivity index (χ3v) is 3.40. The molecule has 25 heavy (non-hydrogen) atoms. The molecule has 0 bridgehead atoms. The molecule has 1 N–H and O–H groups in total. The van der Waals surface area contributed by atoms with Crippen molar-refractivity contribution in [1.82, 2.24) is 0 Å². The lowest BCUT2D eigenvalue weighted by molar-refractivity contribution is -0.385. The number of ether oxygens (including phenoxy) is 2. The minimum Gasteiger partial charge on any atom is -0.493 e. The number of hydrogen-bond donors (Lipinski definition) is 1. The van der Waals surface area contributed by atoms with Crippen molar-refractivity contribution >= 4 is 17.3 Å². The van der Waals surface area contributed by atoms with E-state index in [1.54, 1.807) is 19.9 Å². The van der Waals surface area contributed by atoms with Crippen molar-refractivity contribution in [3.8, 4) is 11.5 Å². The van der Waals surface area contributed by atoms with Gasteiger partial charge in [-0.15, -0.1) is 0 Å². The maximum atomic E-state index is 13.9. The molecule has 2 aromatic carbocycles. The van der Waals surface area contributed by atoms with E-state index in [0.29, 0.717) is 5.56 Å². The number of nitro groups is 1. The second-order valence-electron chi connectivity index (χ2n) is 5.15. The number of aryl methyl sites for hydroxylation is 1. The molecule has 0 atom stereocenters. The summed E-state index contributed by atoms with van der Waals surface area (Å²) in [4.78, 5) is 23.0. The van der Waals surface area contributed by atoms with Crippen LogP contribution in [0.3, 0.4) is 0 Å². The fraction of sp³-hybridized carbons (Fsp3) is 0.235. The molecular weight excluding hydrogens is 331 g/mol. The first-order valence-electron chi connectivity index (χ1n) is 7.44. The number of anilines is 1. The van der Waals surface area contributed by atoms with Gasteiger partial charge in [0.05, 0.1) is 30.4 Å². The molecule has 0 saturated heterocycles. The predicted octanol–water partition coefficient (Wildman–Crippen LogP) is 3.70. The van der Waals surface area contributed by atoms with Gasteiger partial charge in [0.2, 0.25) is 0 Å². The van der Waals surface area contributed by atoms with Crippen LogP contribution in [0.5, 0.6) is 11.5 Å². The van der Waals surface area contributed by atoms with Gasteiger partial charge in [0.25, 0.3) is 11.6 Å². The van der Waals surface area contributed by atoms with Crippen LogP contribution < -0.4 is 14.8 Å². The van der Waals surface area contributed by atoms with Crippen molar-refractivity contribution < 1.29 is 23.6 Å². The maximum absolute atomic E-state index is 13.9. The van der Waals surface area contributed by atoms with Gasteiger partial charge in [0.15, 0.2) is 11.5 Å². The highest BCUT2D eigenvalue weighted by Gasteiger charge is 2.25. The lowest BCUT2D eigenvalue weighted by Crippen LogP contribution is -2.15. The highest BCUT2D eigenvalue weighted by Crippen LogP contribution is 2.35. The molecule has 0 heterocycles. The van der Waals surface area contributed by atoms with Crippen LogP contribution in [0.25, 0.3) is 0 Å². The minimum absolute atomic E-state index is 0.0715. The molecule has 2 aromatic rings. The number of carbonyl (C=O) groups excluding carboxylic acids is 1. The normalized spacial score (nSPS) is 10.2. The van der Waals surface area contributed by atoms with Crippen molar-refractivity contribution in [3.05, 3.63) is 57.4 Å². The SMILES string of the molecule is CCOc1cc([N+](=O)[O-])c(C(=O)Nc2ccc(C)cc2F)cc1OC. The molecule has 2 rings (SSSR count). The topological polar surface area (TPSA) is 90.7 Å². The Balaban J connectivity index is 2.45. The van der Waals surface area contributed by atoms with Gasteiger partial charge in [-0.3, -0.25) is 14.9 Å². The summed E-state index contributed by atoms with van der Waals surface area (Å²) >= 11 is 0. The summed E-state index contributed by atoms with van der Waals surface area (Å²) in [6.45, 7) is 3.69. The summed E-state index contributed by atoms with van der Waals surface area (Å²) in [5.74, 6) is -1.14. The molecule has 0 aliphatic rings. The van der Waals surface area contributed by atoms with Gasteiger partial charge in [-0.25, -0.2) is 4.39 Å². The number of nitrogens with one attached hydrogen (secondary N) is 1. The third-order valence-electron chi connectivity index (χ3n) is 3.40. The smallest absolute Gasteiger partial charge is 0.286 e. The summed E-state index contributed by atoms with van der Waals surface area (Å²) < 4.78 is 24.3. The van der Waals surface area contributed by atoms with E-state index in [1.807, 2.05) is 0 Å². The average molecular weight is 348 g/mol. The quantitative estimate of drug-likeness (QED) is 0.635. The largest absolute Gasteiger partial charge is 0.493 e. The summed E-state index contributed by atoms with van der Waals surface area (Å²) in [6, 6.07) is 6.57. The highest BCUT2D eigenvalue weighted by atomic mass is 19.1. The fourth-order valence-corrected chi connectivity index (χ4v) is 2.22.